The Kier molecular flexibility index (Phi) is 5.85. The van der Waals surface area contributed by atoms with E-state index in [1.807, 2.05) is 35.2 Å². The fourth-order valence-corrected chi connectivity index (χ4v) is 2.65. The van der Waals surface area contributed by atoms with Crippen LogP contribution < -0.4 is 15.0 Å². The third-order valence-electron chi connectivity index (χ3n) is 3.88. The average molecular weight is 344 g/mol. The molecule has 0 aliphatic carbocycles. The molecule has 1 saturated heterocycles. The smallest absolute Gasteiger partial charge is 0.227 e. The first-order valence-corrected chi connectivity index (χ1v) is 8.32. The van der Waals surface area contributed by atoms with Gasteiger partial charge in [-0.05, 0) is 30.3 Å². The number of nitrogens with one attached hydrogen (secondary N) is 1. The molecule has 0 aromatic heterocycles. The van der Waals surface area contributed by atoms with Crippen molar-refractivity contribution in [3.8, 4) is 5.75 Å². The minimum Gasteiger partial charge on any atom is -0.493 e. The molecule has 1 heterocycles. The standard InChI is InChI=1S/C19H21FN2O3/c20-15-12-16(14-17(13-15)22-7-10-24-11-8-22)21-19(23)6-9-25-18-4-2-1-3-5-18/h1-5,12-14H,6-11H2,(H,21,23). The van der Waals surface area contributed by atoms with Crippen LogP contribution in [0.15, 0.2) is 48.5 Å². The van der Waals surface area contributed by atoms with Gasteiger partial charge in [0.2, 0.25) is 5.91 Å². The summed E-state index contributed by atoms with van der Waals surface area (Å²) in [5, 5.41) is 2.73. The molecule has 0 spiro atoms. The maximum absolute atomic E-state index is 13.9. The molecule has 2 aromatic carbocycles. The number of carbonyl (C=O) groups is 1. The minimum atomic E-state index is -0.375. The van der Waals surface area contributed by atoms with Gasteiger partial charge in [0.25, 0.3) is 0 Å². The highest BCUT2D eigenvalue weighted by molar-refractivity contribution is 5.91. The van der Waals surface area contributed by atoms with Crippen LogP contribution in [-0.2, 0) is 9.53 Å². The van der Waals surface area contributed by atoms with Crippen LogP contribution >= 0.6 is 0 Å². The molecule has 1 amide bonds. The molecule has 0 bridgehead atoms. The van der Waals surface area contributed by atoms with Crippen molar-refractivity contribution in [2.75, 3.05) is 43.1 Å². The molecule has 1 N–H and O–H groups in total. The van der Waals surface area contributed by atoms with Crippen molar-refractivity contribution in [3.63, 3.8) is 0 Å². The van der Waals surface area contributed by atoms with Gasteiger partial charge in [0.1, 0.15) is 11.6 Å². The molecule has 0 unspecified atom stereocenters. The van der Waals surface area contributed by atoms with Crippen molar-refractivity contribution in [2.24, 2.45) is 0 Å². The number of anilines is 2. The molecule has 3 rings (SSSR count). The third kappa shape index (κ3) is 5.19. The number of morpholine rings is 1. The van der Waals surface area contributed by atoms with E-state index in [9.17, 15) is 9.18 Å². The van der Waals surface area contributed by atoms with Crippen LogP contribution in [0.3, 0.4) is 0 Å². The van der Waals surface area contributed by atoms with Crippen LogP contribution in [0.4, 0.5) is 15.8 Å². The van der Waals surface area contributed by atoms with Crippen LogP contribution in [0, 0.1) is 5.82 Å². The van der Waals surface area contributed by atoms with Gasteiger partial charge in [-0.3, -0.25) is 4.79 Å². The lowest BCUT2D eigenvalue weighted by molar-refractivity contribution is -0.116. The van der Waals surface area contributed by atoms with E-state index in [1.54, 1.807) is 6.07 Å². The molecule has 25 heavy (non-hydrogen) atoms. The first-order valence-electron chi connectivity index (χ1n) is 8.32. The molecule has 1 fully saturated rings. The fourth-order valence-electron chi connectivity index (χ4n) is 2.65. The SMILES string of the molecule is O=C(CCOc1ccccc1)Nc1cc(F)cc(N2CCOCC2)c1. The normalized spacial score (nSPS) is 14.2. The molecule has 0 saturated carbocycles. The van der Waals surface area contributed by atoms with Gasteiger partial charge >= 0.3 is 0 Å². The summed E-state index contributed by atoms with van der Waals surface area (Å²) in [6.07, 6.45) is 0.193. The highest BCUT2D eigenvalue weighted by Gasteiger charge is 2.14. The second-order valence-electron chi connectivity index (χ2n) is 5.76. The highest BCUT2D eigenvalue weighted by atomic mass is 19.1. The van der Waals surface area contributed by atoms with E-state index in [0.29, 0.717) is 32.0 Å². The van der Waals surface area contributed by atoms with E-state index in [0.717, 1.165) is 11.4 Å². The van der Waals surface area contributed by atoms with Crippen molar-refractivity contribution in [3.05, 3.63) is 54.3 Å². The Morgan fingerprint density at radius 3 is 2.68 bits per heavy atom. The van der Waals surface area contributed by atoms with Gasteiger partial charge in [-0.25, -0.2) is 4.39 Å². The molecular formula is C19H21FN2O3. The molecule has 0 radical (unpaired) electrons. The second kappa shape index (κ2) is 8.48. The summed E-state index contributed by atoms with van der Waals surface area (Å²) in [4.78, 5) is 14.1. The van der Waals surface area contributed by atoms with Crippen LogP contribution in [0.2, 0.25) is 0 Å². The number of benzene rings is 2. The number of ether oxygens (including phenoxy) is 2. The number of carbonyl (C=O) groups excluding carboxylic acids is 1. The fraction of sp³-hybridized carbons (Fsp3) is 0.316. The largest absolute Gasteiger partial charge is 0.493 e. The van der Waals surface area contributed by atoms with Gasteiger partial charge in [0.05, 0.1) is 26.2 Å². The van der Waals surface area contributed by atoms with Crippen molar-refractivity contribution in [1.29, 1.82) is 0 Å². The van der Waals surface area contributed by atoms with Gasteiger partial charge in [-0.1, -0.05) is 18.2 Å². The van der Waals surface area contributed by atoms with Crippen LogP contribution in [0.25, 0.3) is 0 Å². The zero-order valence-electron chi connectivity index (χ0n) is 13.9. The Balaban J connectivity index is 1.54. The predicted molar refractivity (Wildman–Crippen MR) is 94.6 cm³/mol. The lowest BCUT2D eigenvalue weighted by atomic mass is 10.2. The summed E-state index contributed by atoms with van der Waals surface area (Å²) in [6, 6.07) is 13.9. The first kappa shape index (κ1) is 17.2. The topological polar surface area (TPSA) is 50.8 Å². The van der Waals surface area contributed by atoms with Gasteiger partial charge in [0.15, 0.2) is 0 Å². The van der Waals surface area contributed by atoms with Crippen LogP contribution in [-0.4, -0.2) is 38.8 Å². The number of hydrogen-bond donors (Lipinski definition) is 1. The third-order valence-corrected chi connectivity index (χ3v) is 3.88. The van der Waals surface area contributed by atoms with E-state index in [4.69, 9.17) is 9.47 Å². The van der Waals surface area contributed by atoms with Gasteiger partial charge in [0, 0.05) is 24.5 Å². The summed E-state index contributed by atoms with van der Waals surface area (Å²) < 4.78 is 24.7. The van der Waals surface area contributed by atoms with Crippen molar-refractivity contribution in [2.45, 2.75) is 6.42 Å². The Morgan fingerprint density at radius 2 is 1.92 bits per heavy atom. The Labute approximate surface area is 146 Å². The predicted octanol–water partition coefficient (Wildman–Crippen LogP) is 3.07. The Hall–Kier alpha value is -2.60. The van der Waals surface area contributed by atoms with E-state index in [2.05, 4.69) is 5.32 Å². The van der Waals surface area contributed by atoms with Crippen molar-refractivity contribution < 1.29 is 18.7 Å². The zero-order chi connectivity index (χ0) is 17.5. The first-order chi connectivity index (χ1) is 12.2. The van der Waals surface area contributed by atoms with Gasteiger partial charge in [-0.2, -0.15) is 0 Å². The van der Waals surface area contributed by atoms with E-state index in [1.165, 1.54) is 12.1 Å². The quantitative estimate of drug-likeness (QED) is 0.875. The molecule has 6 heteroatoms. The summed E-state index contributed by atoms with van der Waals surface area (Å²) in [6.45, 7) is 2.93. The highest BCUT2D eigenvalue weighted by Crippen LogP contribution is 2.23. The van der Waals surface area contributed by atoms with Gasteiger partial charge in [-0.15, -0.1) is 0 Å². The number of nitrogens with zero attached hydrogens (tertiary/aromatic N) is 1. The maximum Gasteiger partial charge on any atom is 0.227 e. The number of rotatable bonds is 6. The zero-order valence-corrected chi connectivity index (χ0v) is 13.9. The number of para-hydroxylation sites is 1. The molecule has 1 aliphatic heterocycles. The molecular weight excluding hydrogens is 323 g/mol. The summed E-state index contributed by atoms with van der Waals surface area (Å²) in [5.74, 6) is 0.130. The lowest BCUT2D eigenvalue weighted by Gasteiger charge is -2.29. The molecule has 2 aromatic rings. The minimum absolute atomic E-state index is 0.193. The number of amides is 1. The van der Waals surface area contributed by atoms with Crippen LogP contribution in [0.1, 0.15) is 6.42 Å². The van der Waals surface area contributed by atoms with E-state index < -0.39 is 0 Å². The molecule has 0 atom stereocenters. The summed E-state index contributed by atoms with van der Waals surface area (Å²) in [7, 11) is 0. The monoisotopic (exact) mass is 344 g/mol. The van der Waals surface area contributed by atoms with Crippen molar-refractivity contribution in [1.82, 2.24) is 0 Å². The average Bonchev–Trinajstić information content (AvgIpc) is 2.63. The van der Waals surface area contributed by atoms with E-state index in [-0.39, 0.29) is 24.8 Å². The van der Waals surface area contributed by atoms with Crippen LogP contribution in [0.5, 0.6) is 5.75 Å². The molecule has 132 valence electrons. The number of halogens is 1. The summed E-state index contributed by atoms with van der Waals surface area (Å²) in [5.41, 5.74) is 1.20. The van der Waals surface area contributed by atoms with Crippen molar-refractivity contribution >= 4 is 17.3 Å². The Bertz CT molecular complexity index is 703. The maximum atomic E-state index is 13.9. The van der Waals surface area contributed by atoms with E-state index >= 15 is 0 Å². The second-order valence-corrected chi connectivity index (χ2v) is 5.76. The number of hydrogen-bond acceptors (Lipinski definition) is 4. The van der Waals surface area contributed by atoms with Gasteiger partial charge < -0.3 is 19.7 Å². The molecule has 5 nitrogen and oxygen atoms in total. The lowest BCUT2D eigenvalue weighted by Crippen LogP contribution is -2.36. The molecule has 1 aliphatic rings. The Morgan fingerprint density at radius 1 is 1.16 bits per heavy atom. The summed E-state index contributed by atoms with van der Waals surface area (Å²) >= 11 is 0.